The maximum atomic E-state index is 12.4. The Bertz CT molecular complexity index is 943. The van der Waals surface area contributed by atoms with E-state index in [-0.39, 0.29) is 5.09 Å². The molecular weight excluding hydrogens is 352 g/mol. The second-order valence-corrected chi connectivity index (χ2v) is 8.48. The minimum Gasteiger partial charge on any atom is -0.448 e. The van der Waals surface area contributed by atoms with Crippen LogP contribution in [0.4, 0.5) is 10.5 Å². The van der Waals surface area contributed by atoms with Gasteiger partial charge in [-0.05, 0) is 72.9 Å². The molecule has 1 aromatic carbocycles. The highest BCUT2D eigenvalue weighted by atomic mass is 32.2. The van der Waals surface area contributed by atoms with E-state index in [2.05, 4.69) is 16.1 Å². The van der Waals surface area contributed by atoms with Gasteiger partial charge in [0, 0.05) is 12.1 Å². The summed E-state index contributed by atoms with van der Waals surface area (Å²) >= 11 is 0. The molecule has 2 N–H and O–H groups in total. The lowest BCUT2D eigenvalue weighted by Gasteiger charge is -2.16. The van der Waals surface area contributed by atoms with Crippen LogP contribution in [0.1, 0.15) is 47.8 Å². The zero-order chi connectivity index (χ0) is 18.3. The molecule has 1 aromatic heterocycles. The maximum absolute atomic E-state index is 12.4. The Kier molecular flexibility index (Phi) is 4.26. The van der Waals surface area contributed by atoms with Crippen molar-refractivity contribution in [2.24, 2.45) is 0 Å². The third-order valence-electron chi connectivity index (χ3n) is 5.19. The number of urea groups is 1. The van der Waals surface area contributed by atoms with Crippen molar-refractivity contribution in [3.8, 4) is 0 Å². The first-order chi connectivity index (χ1) is 12.5. The average Bonchev–Trinajstić information content (AvgIpc) is 3.33. The number of sulfonamides is 1. The molecule has 1 heterocycles. The Labute approximate surface area is 153 Å². The lowest BCUT2D eigenvalue weighted by Crippen LogP contribution is -2.34. The zero-order valence-electron chi connectivity index (χ0n) is 14.7. The number of hydrogen-bond donors (Lipinski definition) is 2. The van der Waals surface area contributed by atoms with Crippen molar-refractivity contribution in [1.82, 2.24) is 4.72 Å². The van der Waals surface area contributed by atoms with E-state index in [1.165, 1.54) is 17.2 Å². The van der Waals surface area contributed by atoms with Crippen molar-refractivity contribution in [3.05, 3.63) is 46.2 Å². The molecule has 2 aliphatic carbocycles. The van der Waals surface area contributed by atoms with Gasteiger partial charge in [0.05, 0.1) is 0 Å². The van der Waals surface area contributed by atoms with E-state index in [9.17, 15) is 13.2 Å². The van der Waals surface area contributed by atoms with Crippen molar-refractivity contribution in [2.45, 2.75) is 57.0 Å². The van der Waals surface area contributed by atoms with Crippen LogP contribution in [0.3, 0.4) is 0 Å². The van der Waals surface area contributed by atoms with Crippen LogP contribution >= 0.6 is 0 Å². The summed E-state index contributed by atoms with van der Waals surface area (Å²) in [5, 5.41) is 2.58. The summed E-state index contributed by atoms with van der Waals surface area (Å²) in [6.07, 6.45) is 6.60. The molecule has 2 aliphatic rings. The molecule has 7 heteroatoms. The predicted molar refractivity (Wildman–Crippen MR) is 97.9 cm³/mol. The van der Waals surface area contributed by atoms with Gasteiger partial charge in [0.25, 0.3) is 10.0 Å². The molecule has 0 aliphatic heterocycles. The molecule has 2 amide bonds. The van der Waals surface area contributed by atoms with Crippen molar-refractivity contribution in [1.29, 1.82) is 0 Å². The maximum Gasteiger partial charge on any atom is 0.333 e. The first kappa shape index (κ1) is 17.1. The number of carbonyl (C=O) groups is 1. The molecule has 0 radical (unpaired) electrons. The van der Waals surface area contributed by atoms with Gasteiger partial charge in [0.15, 0.2) is 0 Å². The van der Waals surface area contributed by atoms with E-state index >= 15 is 0 Å². The molecule has 0 fully saturated rings. The van der Waals surface area contributed by atoms with Gasteiger partial charge < -0.3 is 9.73 Å². The number of amides is 2. The Balaban J connectivity index is 1.58. The first-order valence-electron chi connectivity index (χ1n) is 9.07. The van der Waals surface area contributed by atoms with E-state index in [1.807, 2.05) is 6.92 Å². The SMILES string of the molecule is CCc1ccc(S(=O)(=O)NC(=O)Nc2c3c(cc4c2CCC4)CCC3)o1. The molecule has 6 nitrogen and oxygen atoms in total. The smallest absolute Gasteiger partial charge is 0.333 e. The Morgan fingerprint density at radius 1 is 1.08 bits per heavy atom. The van der Waals surface area contributed by atoms with Gasteiger partial charge in [-0.2, -0.15) is 8.42 Å². The van der Waals surface area contributed by atoms with Crippen molar-refractivity contribution < 1.29 is 17.6 Å². The highest BCUT2D eigenvalue weighted by molar-refractivity contribution is 7.89. The molecular formula is C19H22N2O4S. The van der Waals surface area contributed by atoms with Gasteiger partial charge in [-0.25, -0.2) is 9.52 Å². The van der Waals surface area contributed by atoms with Crippen LogP contribution in [-0.2, 0) is 42.1 Å². The summed E-state index contributed by atoms with van der Waals surface area (Å²) in [6, 6.07) is 4.49. The van der Waals surface area contributed by atoms with Crippen molar-refractivity contribution >= 4 is 21.7 Å². The van der Waals surface area contributed by atoms with E-state index in [4.69, 9.17) is 4.42 Å². The lowest BCUT2D eigenvalue weighted by atomic mass is 9.99. The van der Waals surface area contributed by atoms with Gasteiger partial charge in [-0.15, -0.1) is 0 Å². The molecule has 0 spiro atoms. The number of furan rings is 1. The minimum absolute atomic E-state index is 0.243. The number of aryl methyl sites for hydroxylation is 3. The second kappa shape index (κ2) is 6.46. The fraction of sp³-hybridized carbons (Fsp3) is 0.421. The Morgan fingerprint density at radius 2 is 1.73 bits per heavy atom. The number of anilines is 1. The fourth-order valence-electron chi connectivity index (χ4n) is 3.97. The van der Waals surface area contributed by atoms with Crippen molar-refractivity contribution in [2.75, 3.05) is 5.32 Å². The van der Waals surface area contributed by atoms with Crippen LogP contribution in [0, 0.1) is 0 Å². The molecule has 0 saturated heterocycles. The van der Waals surface area contributed by atoms with Crippen molar-refractivity contribution in [3.63, 3.8) is 0 Å². The van der Waals surface area contributed by atoms with Crippen LogP contribution in [0.5, 0.6) is 0 Å². The van der Waals surface area contributed by atoms with Gasteiger partial charge in [0.1, 0.15) is 5.76 Å². The van der Waals surface area contributed by atoms with Gasteiger partial charge in [-0.3, -0.25) is 0 Å². The van der Waals surface area contributed by atoms with Crippen LogP contribution in [-0.4, -0.2) is 14.4 Å². The number of rotatable bonds is 4. The Hall–Kier alpha value is -2.28. The number of benzene rings is 1. The van der Waals surface area contributed by atoms with E-state index in [0.717, 1.165) is 55.3 Å². The predicted octanol–water partition coefficient (Wildman–Crippen LogP) is 3.33. The molecule has 2 aromatic rings. The summed E-state index contributed by atoms with van der Waals surface area (Å²) < 4.78 is 32.1. The lowest BCUT2D eigenvalue weighted by molar-refractivity contribution is 0.256. The van der Waals surface area contributed by atoms with Crippen LogP contribution in [0.15, 0.2) is 27.7 Å². The monoisotopic (exact) mass is 374 g/mol. The summed E-state index contributed by atoms with van der Waals surface area (Å²) in [7, 11) is -4.03. The van der Waals surface area contributed by atoms with Crippen LogP contribution in [0.25, 0.3) is 0 Å². The van der Waals surface area contributed by atoms with E-state index < -0.39 is 16.1 Å². The average molecular weight is 374 g/mol. The van der Waals surface area contributed by atoms with Gasteiger partial charge in [0.2, 0.25) is 5.09 Å². The standard InChI is InChI=1S/C19H22N2O4S/c1-2-14-9-10-17(25-14)26(23,24)21-19(22)20-18-15-7-3-5-12(15)11-13-6-4-8-16(13)18/h9-11H,2-8H2,1H3,(H2,20,21,22). The number of carbonyl (C=O) groups excluding carboxylic acids is 1. The highest BCUT2D eigenvalue weighted by Gasteiger charge is 2.27. The molecule has 0 unspecified atom stereocenters. The van der Waals surface area contributed by atoms with Crippen LogP contribution < -0.4 is 10.0 Å². The van der Waals surface area contributed by atoms with Gasteiger partial charge in [-0.1, -0.05) is 13.0 Å². The Morgan fingerprint density at radius 3 is 2.31 bits per heavy atom. The highest BCUT2D eigenvalue weighted by Crippen LogP contribution is 2.38. The van der Waals surface area contributed by atoms with Crippen LogP contribution in [0.2, 0.25) is 0 Å². The quantitative estimate of drug-likeness (QED) is 0.859. The number of fused-ring (bicyclic) bond motifs is 2. The van der Waals surface area contributed by atoms with E-state index in [1.54, 1.807) is 6.07 Å². The third kappa shape index (κ3) is 3.00. The number of nitrogens with one attached hydrogen (secondary N) is 2. The number of hydrogen-bond acceptors (Lipinski definition) is 4. The summed E-state index contributed by atoms with van der Waals surface area (Å²) in [4.78, 5) is 12.4. The molecule has 26 heavy (non-hydrogen) atoms. The largest absolute Gasteiger partial charge is 0.448 e. The fourth-order valence-corrected chi connectivity index (χ4v) is 4.83. The van der Waals surface area contributed by atoms with Gasteiger partial charge >= 0.3 is 6.03 Å². The summed E-state index contributed by atoms with van der Waals surface area (Å²) in [6.45, 7) is 1.87. The summed E-state index contributed by atoms with van der Waals surface area (Å²) in [5.41, 5.74) is 5.69. The summed E-state index contributed by atoms with van der Waals surface area (Å²) in [5.74, 6) is 0.560. The topological polar surface area (TPSA) is 88.4 Å². The minimum atomic E-state index is -4.03. The molecule has 0 saturated carbocycles. The van der Waals surface area contributed by atoms with E-state index in [0.29, 0.717) is 12.2 Å². The zero-order valence-corrected chi connectivity index (χ0v) is 15.5. The third-order valence-corrected chi connectivity index (χ3v) is 6.39. The molecule has 4 rings (SSSR count). The second-order valence-electron chi connectivity index (χ2n) is 6.87. The normalized spacial score (nSPS) is 15.6. The molecule has 0 bridgehead atoms. The first-order valence-corrected chi connectivity index (χ1v) is 10.6. The molecule has 0 atom stereocenters. The molecule has 138 valence electrons.